The molecule has 49 heavy (non-hydrogen) atoms. The SMILES string of the molecule is Brc1ccc(-n2c3ccccc3c3ccccc32)cc1.COB(OC)OC.OB(O)c1ccc(-n2c3ccccc3c3ccccc32)cc1. The summed E-state index contributed by atoms with van der Waals surface area (Å²) in [5.74, 6) is 0. The molecule has 0 bridgehead atoms. The van der Waals surface area contributed by atoms with Crippen LogP contribution in [-0.4, -0.2) is 55.0 Å². The largest absolute Gasteiger partial charge is 0.638 e. The monoisotopic (exact) mass is 712 g/mol. The Labute approximate surface area is 294 Å². The van der Waals surface area contributed by atoms with E-state index in [2.05, 4.69) is 136 Å². The van der Waals surface area contributed by atoms with Gasteiger partial charge in [0, 0.05) is 58.7 Å². The number of benzene rings is 6. The Balaban J connectivity index is 0.000000144. The van der Waals surface area contributed by atoms with E-state index in [1.165, 1.54) is 59.6 Å². The molecule has 7 nitrogen and oxygen atoms in total. The molecule has 0 aliphatic carbocycles. The molecule has 0 saturated heterocycles. The Hall–Kier alpha value is -4.67. The summed E-state index contributed by atoms with van der Waals surface area (Å²) in [5, 5.41) is 23.5. The number of hydrogen-bond acceptors (Lipinski definition) is 5. The molecule has 2 heterocycles. The normalized spacial score (nSPS) is 10.9. The van der Waals surface area contributed by atoms with Crippen LogP contribution >= 0.6 is 15.9 Å². The van der Waals surface area contributed by atoms with E-state index in [-0.39, 0.29) is 0 Å². The minimum atomic E-state index is -1.44. The second kappa shape index (κ2) is 15.7. The minimum absolute atomic E-state index is 0.490. The van der Waals surface area contributed by atoms with E-state index >= 15 is 0 Å². The lowest BCUT2D eigenvalue weighted by Gasteiger charge is -2.08. The van der Waals surface area contributed by atoms with E-state index in [4.69, 9.17) is 0 Å². The molecular formula is C39H35B2BrN2O5. The minimum Gasteiger partial charge on any atom is -0.423 e. The molecule has 2 aromatic heterocycles. The van der Waals surface area contributed by atoms with Crippen molar-refractivity contribution in [1.29, 1.82) is 0 Å². The van der Waals surface area contributed by atoms with Gasteiger partial charge in [-0.1, -0.05) is 101 Å². The maximum Gasteiger partial charge on any atom is 0.638 e. The highest BCUT2D eigenvalue weighted by molar-refractivity contribution is 9.10. The van der Waals surface area contributed by atoms with Gasteiger partial charge in [0.2, 0.25) is 0 Å². The van der Waals surface area contributed by atoms with Crippen LogP contribution in [0.1, 0.15) is 0 Å². The molecule has 0 atom stereocenters. The first kappa shape index (κ1) is 34.2. The summed E-state index contributed by atoms with van der Waals surface area (Å²) >= 11 is 3.50. The quantitative estimate of drug-likeness (QED) is 0.171. The average Bonchev–Trinajstić information content (AvgIpc) is 3.67. The summed E-state index contributed by atoms with van der Waals surface area (Å²) in [6.07, 6.45) is 0. The van der Waals surface area contributed by atoms with Crippen molar-refractivity contribution in [3.63, 3.8) is 0 Å². The number of para-hydroxylation sites is 4. The Bertz CT molecular complexity index is 2190. The fraction of sp³-hybridized carbons (Fsp3) is 0.0769. The van der Waals surface area contributed by atoms with E-state index in [0.717, 1.165) is 21.2 Å². The van der Waals surface area contributed by atoms with Gasteiger partial charge in [-0.25, -0.2) is 0 Å². The van der Waals surface area contributed by atoms with E-state index < -0.39 is 14.4 Å². The third kappa shape index (κ3) is 7.21. The highest BCUT2D eigenvalue weighted by Gasteiger charge is 2.15. The summed E-state index contributed by atoms with van der Waals surface area (Å²) in [6, 6.07) is 49.5. The lowest BCUT2D eigenvalue weighted by molar-refractivity contribution is 0.163. The molecule has 0 saturated carbocycles. The zero-order chi connectivity index (χ0) is 34.3. The maximum absolute atomic E-state index is 9.24. The maximum atomic E-state index is 9.24. The van der Waals surface area contributed by atoms with Gasteiger partial charge >= 0.3 is 14.4 Å². The van der Waals surface area contributed by atoms with Crippen LogP contribution in [0.3, 0.4) is 0 Å². The predicted octanol–water partition coefficient (Wildman–Crippen LogP) is 7.92. The summed E-state index contributed by atoms with van der Waals surface area (Å²) in [6.45, 7) is 0. The summed E-state index contributed by atoms with van der Waals surface area (Å²) in [7, 11) is 2.58. The van der Waals surface area contributed by atoms with Crippen molar-refractivity contribution in [2.75, 3.05) is 21.3 Å². The van der Waals surface area contributed by atoms with Crippen LogP contribution < -0.4 is 5.46 Å². The molecule has 0 radical (unpaired) electrons. The molecule has 0 spiro atoms. The van der Waals surface area contributed by atoms with Gasteiger partial charge in [0.1, 0.15) is 0 Å². The molecule has 244 valence electrons. The number of hydrogen-bond donors (Lipinski definition) is 2. The number of fused-ring (bicyclic) bond motifs is 6. The molecule has 8 aromatic rings. The number of nitrogens with zero attached hydrogens (tertiary/aromatic N) is 2. The van der Waals surface area contributed by atoms with Gasteiger partial charge in [-0.2, -0.15) is 0 Å². The second-order valence-corrected chi connectivity index (χ2v) is 12.1. The number of rotatable bonds is 6. The third-order valence-corrected chi connectivity index (χ3v) is 8.80. The Morgan fingerprint density at radius 3 is 1.04 bits per heavy atom. The van der Waals surface area contributed by atoms with Gasteiger partial charge < -0.3 is 33.1 Å². The van der Waals surface area contributed by atoms with E-state index in [1.54, 1.807) is 12.1 Å². The Kier molecular flexibility index (Phi) is 11.0. The van der Waals surface area contributed by atoms with Crippen LogP contribution in [-0.2, 0) is 14.0 Å². The molecule has 6 aromatic carbocycles. The van der Waals surface area contributed by atoms with Gasteiger partial charge in [0.15, 0.2) is 0 Å². The third-order valence-electron chi connectivity index (χ3n) is 8.27. The second-order valence-electron chi connectivity index (χ2n) is 11.2. The van der Waals surface area contributed by atoms with Crippen LogP contribution in [0.25, 0.3) is 55.0 Å². The van der Waals surface area contributed by atoms with Gasteiger partial charge in [0.05, 0.1) is 22.1 Å². The van der Waals surface area contributed by atoms with E-state index in [9.17, 15) is 10.0 Å². The molecular weight excluding hydrogens is 678 g/mol. The summed E-state index contributed by atoms with van der Waals surface area (Å²) in [5.41, 5.74) is 7.45. The smallest absolute Gasteiger partial charge is 0.423 e. The lowest BCUT2D eigenvalue weighted by Crippen LogP contribution is -2.29. The topological polar surface area (TPSA) is 78.0 Å². The molecule has 0 fully saturated rings. The molecule has 0 aliphatic heterocycles. The molecule has 0 unspecified atom stereocenters. The Morgan fingerprint density at radius 1 is 0.449 bits per heavy atom. The van der Waals surface area contributed by atoms with Gasteiger partial charge in [0.25, 0.3) is 0 Å². The van der Waals surface area contributed by atoms with Gasteiger partial charge in [-0.05, 0) is 66.1 Å². The first-order valence-corrected chi connectivity index (χ1v) is 16.5. The molecule has 0 amide bonds. The summed E-state index contributed by atoms with van der Waals surface area (Å²) in [4.78, 5) is 0. The van der Waals surface area contributed by atoms with Crippen LogP contribution in [0.2, 0.25) is 0 Å². The van der Waals surface area contributed by atoms with E-state index in [1.807, 2.05) is 36.4 Å². The zero-order valence-electron chi connectivity index (χ0n) is 27.4. The van der Waals surface area contributed by atoms with E-state index in [0.29, 0.717) is 5.46 Å². The van der Waals surface area contributed by atoms with Crippen molar-refractivity contribution in [2.24, 2.45) is 0 Å². The summed E-state index contributed by atoms with van der Waals surface area (Å²) < 4.78 is 19.4. The van der Waals surface area contributed by atoms with Crippen molar-refractivity contribution in [2.45, 2.75) is 0 Å². The van der Waals surface area contributed by atoms with Crippen LogP contribution in [0.4, 0.5) is 0 Å². The van der Waals surface area contributed by atoms with Crippen molar-refractivity contribution in [3.05, 3.63) is 150 Å². The first-order valence-electron chi connectivity index (χ1n) is 15.7. The number of aromatic nitrogens is 2. The highest BCUT2D eigenvalue weighted by Crippen LogP contribution is 2.33. The van der Waals surface area contributed by atoms with Crippen LogP contribution in [0.5, 0.6) is 0 Å². The predicted molar refractivity (Wildman–Crippen MR) is 206 cm³/mol. The number of halogens is 1. The average molecular weight is 713 g/mol. The molecule has 0 aliphatic rings. The van der Waals surface area contributed by atoms with Crippen molar-refractivity contribution >= 4 is 79.4 Å². The molecule has 8 rings (SSSR count). The van der Waals surface area contributed by atoms with Crippen molar-refractivity contribution in [1.82, 2.24) is 9.13 Å². The lowest BCUT2D eigenvalue weighted by atomic mass is 9.80. The zero-order valence-corrected chi connectivity index (χ0v) is 29.0. The molecule has 2 N–H and O–H groups in total. The van der Waals surface area contributed by atoms with Gasteiger partial charge in [-0.3, -0.25) is 0 Å². The van der Waals surface area contributed by atoms with Gasteiger partial charge in [-0.15, -0.1) is 0 Å². The van der Waals surface area contributed by atoms with Crippen molar-refractivity contribution in [3.8, 4) is 11.4 Å². The standard InChI is InChI=1S/C18H14BNO2.C18H12BrN.C3H9BO3/c21-19(22)13-9-11-14(12-10-13)20-17-7-3-1-5-15(17)16-6-2-4-8-18(16)20;19-13-9-11-14(12-10-13)20-17-7-3-1-5-15(17)16-6-2-4-8-18(16)20;1-5-4(6-2)7-3/h1-12,21-22H;1-12H;1-3H3. The van der Waals surface area contributed by atoms with Crippen LogP contribution in [0, 0.1) is 0 Å². The first-order chi connectivity index (χ1) is 23.9. The molecule has 10 heteroatoms. The Morgan fingerprint density at radius 2 is 0.755 bits per heavy atom. The fourth-order valence-corrected chi connectivity index (χ4v) is 6.34. The van der Waals surface area contributed by atoms with Crippen LogP contribution in [0.15, 0.2) is 150 Å². The highest BCUT2D eigenvalue weighted by atomic mass is 79.9. The van der Waals surface area contributed by atoms with Crippen molar-refractivity contribution < 1.29 is 24.0 Å². The fourth-order valence-electron chi connectivity index (χ4n) is 6.08.